The summed E-state index contributed by atoms with van der Waals surface area (Å²) >= 11 is 12.8. The van der Waals surface area contributed by atoms with Gasteiger partial charge >= 0.3 is 0 Å². The standard InChI is InChI=1S/C26H33Cl2N3O4S/c1-4-24(26(33)29-19-10-5-6-11-19)30(16-21-22(27)13-8-14-23(21)28)25(32)17-31(36(3,34)35)20-12-7-9-18(2)15-20/h7-9,12-15,19,24H,4-6,10-11,16-17H2,1-3H3,(H,29,33)/t24-/m1/s1. The topological polar surface area (TPSA) is 86.8 Å². The van der Waals surface area contributed by atoms with Crippen LogP contribution in [0.5, 0.6) is 0 Å². The smallest absolute Gasteiger partial charge is 0.244 e. The molecule has 1 aliphatic carbocycles. The molecule has 3 rings (SSSR count). The fourth-order valence-corrected chi connectivity index (χ4v) is 5.90. The van der Waals surface area contributed by atoms with Crippen molar-refractivity contribution in [1.29, 1.82) is 0 Å². The third kappa shape index (κ3) is 7.14. The number of benzene rings is 2. The fourth-order valence-electron chi connectivity index (χ4n) is 4.54. The molecule has 0 heterocycles. The highest BCUT2D eigenvalue weighted by atomic mass is 35.5. The first kappa shape index (κ1) is 28.3. The van der Waals surface area contributed by atoms with E-state index in [4.69, 9.17) is 23.2 Å². The monoisotopic (exact) mass is 553 g/mol. The van der Waals surface area contributed by atoms with Crippen LogP contribution >= 0.6 is 23.2 Å². The molecule has 196 valence electrons. The van der Waals surface area contributed by atoms with Gasteiger partial charge in [-0.1, -0.05) is 61.2 Å². The molecule has 1 fully saturated rings. The molecule has 0 spiro atoms. The zero-order valence-corrected chi connectivity index (χ0v) is 23.2. The number of hydrogen-bond donors (Lipinski definition) is 1. The third-order valence-electron chi connectivity index (χ3n) is 6.45. The Morgan fingerprint density at radius 3 is 2.25 bits per heavy atom. The molecule has 0 saturated heterocycles. The molecular formula is C26H33Cl2N3O4S. The van der Waals surface area contributed by atoms with Gasteiger partial charge < -0.3 is 10.2 Å². The number of amides is 2. The second kappa shape index (κ2) is 12.3. The summed E-state index contributed by atoms with van der Waals surface area (Å²) in [6.45, 7) is 3.18. The van der Waals surface area contributed by atoms with E-state index in [9.17, 15) is 18.0 Å². The summed E-state index contributed by atoms with van der Waals surface area (Å²) in [6, 6.07) is 11.2. The summed E-state index contributed by atoms with van der Waals surface area (Å²) in [5.41, 5.74) is 1.74. The Hall–Kier alpha value is -2.29. The van der Waals surface area contributed by atoms with Crippen LogP contribution in [0.25, 0.3) is 0 Å². The van der Waals surface area contributed by atoms with Crippen molar-refractivity contribution in [3.05, 3.63) is 63.6 Å². The maximum atomic E-state index is 13.8. The van der Waals surface area contributed by atoms with E-state index in [1.807, 2.05) is 19.9 Å². The van der Waals surface area contributed by atoms with Gasteiger partial charge in [-0.05, 0) is 56.0 Å². The molecule has 1 atom stereocenters. The van der Waals surface area contributed by atoms with E-state index in [0.29, 0.717) is 27.7 Å². The quantitative estimate of drug-likeness (QED) is 0.451. The van der Waals surface area contributed by atoms with Gasteiger partial charge in [0.05, 0.1) is 11.9 Å². The van der Waals surface area contributed by atoms with Crippen LogP contribution in [-0.2, 0) is 26.2 Å². The molecule has 10 heteroatoms. The normalized spacial score (nSPS) is 14.9. The molecule has 0 bridgehead atoms. The van der Waals surface area contributed by atoms with E-state index in [1.165, 1.54) is 4.90 Å². The Morgan fingerprint density at radius 2 is 1.69 bits per heavy atom. The van der Waals surface area contributed by atoms with Crippen LogP contribution in [0.3, 0.4) is 0 Å². The highest BCUT2D eigenvalue weighted by Crippen LogP contribution is 2.28. The van der Waals surface area contributed by atoms with Crippen molar-refractivity contribution in [2.45, 2.75) is 64.6 Å². The number of sulfonamides is 1. The highest BCUT2D eigenvalue weighted by molar-refractivity contribution is 7.92. The van der Waals surface area contributed by atoms with Crippen LogP contribution in [0.15, 0.2) is 42.5 Å². The summed E-state index contributed by atoms with van der Waals surface area (Å²) in [5, 5.41) is 3.80. The Balaban J connectivity index is 1.97. The maximum absolute atomic E-state index is 13.8. The van der Waals surface area contributed by atoms with Gasteiger partial charge in [-0.25, -0.2) is 8.42 Å². The Bertz CT molecular complexity index is 1180. The average molecular weight is 555 g/mol. The van der Waals surface area contributed by atoms with Crippen molar-refractivity contribution < 1.29 is 18.0 Å². The molecule has 2 amide bonds. The van der Waals surface area contributed by atoms with Gasteiger partial charge in [0, 0.05) is 28.2 Å². The summed E-state index contributed by atoms with van der Waals surface area (Å²) in [4.78, 5) is 28.5. The number of nitrogens with one attached hydrogen (secondary N) is 1. The summed E-state index contributed by atoms with van der Waals surface area (Å²) in [6.07, 6.45) is 5.32. The summed E-state index contributed by atoms with van der Waals surface area (Å²) in [5.74, 6) is -0.784. The first-order valence-electron chi connectivity index (χ1n) is 12.1. The minimum atomic E-state index is -3.79. The number of halogens is 2. The first-order valence-corrected chi connectivity index (χ1v) is 14.7. The van der Waals surface area contributed by atoms with Crippen molar-refractivity contribution in [2.24, 2.45) is 0 Å². The fraction of sp³-hybridized carbons (Fsp3) is 0.462. The number of carbonyl (C=O) groups excluding carboxylic acids is 2. The van der Waals surface area contributed by atoms with Crippen LogP contribution < -0.4 is 9.62 Å². The van der Waals surface area contributed by atoms with Crippen molar-refractivity contribution in [2.75, 3.05) is 17.1 Å². The Labute approximate surface area is 223 Å². The Kier molecular flexibility index (Phi) is 9.66. The summed E-state index contributed by atoms with van der Waals surface area (Å²) in [7, 11) is -3.79. The molecule has 2 aromatic carbocycles. The van der Waals surface area contributed by atoms with Crippen molar-refractivity contribution in [1.82, 2.24) is 10.2 Å². The maximum Gasteiger partial charge on any atom is 0.244 e. The van der Waals surface area contributed by atoms with Crippen LogP contribution in [0.1, 0.15) is 50.2 Å². The number of rotatable bonds is 10. The lowest BCUT2D eigenvalue weighted by Gasteiger charge is -2.33. The number of hydrogen-bond acceptors (Lipinski definition) is 4. The molecule has 0 radical (unpaired) electrons. The van der Waals surface area contributed by atoms with E-state index in [0.717, 1.165) is 41.8 Å². The molecule has 1 N–H and O–H groups in total. The van der Waals surface area contributed by atoms with E-state index in [1.54, 1.807) is 36.4 Å². The average Bonchev–Trinajstić information content (AvgIpc) is 3.31. The third-order valence-corrected chi connectivity index (χ3v) is 8.30. The minimum absolute atomic E-state index is 0.0284. The van der Waals surface area contributed by atoms with Crippen molar-refractivity contribution in [3.63, 3.8) is 0 Å². The molecule has 1 aliphatic rings. The van der Waals surface area contributed by atoms with Crippen LogP contribution in [0.2, 0.25) is 10.0 Å². The minimum Gasteiger partial charge on any atom is -0.352 e. The van der Waals surface area contributed by atoms with Gasteiger partial charge in [0.2, 0.25) is 21.8 Å². The number of anilines is 1. The van der Waals surface area contributed by atoms with Crippen LogP contribution in [-0.4, -0.2) is 50.0 Å². The lowest BCUT2D eigenvalue weighted by molar-refractivity contribution is -0.140. The number of nitrogens with zero attached hydrogens (tertiary/aromatic N) is 2. The number of aryl methyl sites for hydroxylation is 1. The predicted octanol–water partition coefficient (Wildman–Crippen LogP) is 4.93. The van der Waals surface area contributed by atoms with Gasteiger partial charge in [-0.3, -0.25) is 13.9 Å². The van der Waals surface area contributed by atoms with Crippen molar-refractivity contribution in [3.8, 4) is 0 Å². The van der Waals surface area contributed by atoms with Gasteiger partial charge in [-0.2, -0.15) is 0 Å². The highest BCUT2D eigenvalue weighted by Gasteiger charge is 2.33. The molecule has 7 nitrogen and oxygen atoms in total. The second-order valence-corrected chi connectivity index (χ2v) is 12.0. The van der Waals surface area contributed by atoms with Gasteiger partial charge in [0.25, 0.3) is 0 Å². The lowest BCUT2D eigenvalue weighted by Crippen LogP contribution is -2.53. The van der Waals surface area contributed by atoms with Crippen molar-refractivity contribution >= 4 is 50.7 Å². The first-order chi connectivity index (χ1) is 17.0. The van der Waals surface area contributed by atoms with Crippen LogP contribution in [0.4, 0.5) is 5.69 Å². The van der Waals surface area contributed by atoms with Gasteiger partial charge in [0.15, 0.2) is 0 Å². The predicted molar refractivity (Wildman–Crippen MR) is 145 cm³/mol. The molecule has 2 aromatic rings. The Morgan fingerprint density at radius 1 is 1.08 bits per heavy atom. The zero-order chi connectivity index (χ0) is 26.5. The molecule has 0 aliphatic heterocycles. The van der Waals surface area contributed by atoms with Gasteiger partial charge in [-0.15, -0.1) is 0 Å². The van der Waals surface area contributed by atoms with Crippen LogP contribution in [0, 0.1) is 6.92 Å². The molecule has 36 heavy (non-hydrogen) atoms. The molecular weight excluding hydrogens is 521 g/mol. The second-order valence-electron chi connectivity index (χ2n) is 9.24. The molecule has 1 saturated carbocycles. The SMILES string of the molecule is CC[C@H](C(=O)NC1CCCC1)N(Cc1c(Cl)cccc1Cl)C(=O)CN(c1cccc(C)c1)S(C)(=O)=O. The van der Waals surface area contributed by atoms with Gasteiger partial charge in [0.1, 0.15) is 12.6 Å². The largest absolute Gasteiger partial charge is 0.352 e. The van der Waals surface area contributed by atoms with E-state index in [2.05, 4.69) is 5.32 Å². The number of carbonyl (C=O) groups is 2. The molecule has 0 aromatic heterocycles. The van der Waals surface area contributed by atoms with E-state index in [-0.39, 0.29) is 18.5 Å². The lowest BCUT2D eigenvalue weighted by atomic mass is 10.1. The zero-order valence-electron chi connectivity index (χ0n) is 20.8. The van der Waals surface area contributed by atoms with E-state index >= 15 is 0 Å². The van der Waals surface area contributed by atoms with E-state index < -0.39 is 28.5 Å². The summed E-state index contributed by atoms with van der Waals surface area (Å²) < 4.78 is 26.5. The molecule has 0 unspecified atom stereocenters.